The van der Waals surface area contributed by atoms with Crippen LogP contribution in [-0.2, 0) is 4.74 Å². The molecule has 0 amide bonds. The van der Waals surface area contributed by atoms with E-state index in [0.29, 0.717) is 11.8 Å². The van der Waals surface area contributed by atoms with E-state index in [4.69, 9.17) is 4.74 Å². The maximum Gasteiger partial charge on any atom is 0.109 e. The fourth-order valence-corrected chi connectivity index (χ4v) is 5.94. The van der Waals surface area contributed by atoms with Crippen molar-refractivity contribution >= 4 is 0 Å². The van der Waals surface area contributed by atoms with Crippen molar-refractivity contribution in [3.63, 3.8) is 0 Å². The van der Waals surface area contributed by atoms with Gasteiger partial charge in [0, 0.05) is 12.3 Å². The van der Waals surface area contributed by atoms with Gasteiger partial charge < -0.3 is 9.84 Å². The largest absolute Gasteiger partial charge is 0.492 e. The van der Waals surface area contributed by atoms with Crippen molar-refractivity contribution in [3.05, 3.63) is 12.3 Å². The third-order valence-electron chi connectivity index (χ3n) is 6.45. The quantitative estimate of drug-likeness (QED) is 0.719. The summed E-state index contributed by atoms with van der Waals surface area (Å²) in [6.45, 7) is 13.4. The normalized spacial score (nSPS) is 52.3. The zero-order valence-corrected chi connectivity index (χ0v) is 12.8. The molecule has 2 aliphatic carbocycles. The summed E-state index contributed by atoms with van der Waals surface area (Å²) in [5.74, 6) is 2.16. The Morgan fingerprint density at radius 2 is 1.84 bits per heavy atom. The van der Waals surface area contributed by atoms with Crippen molar-refractivity contribution in [2.45, 2.75) is 71.5 Å². The van der Waals surface area contributed by atoms with Crippen LogP contribution in [0.4, 0.5) is 0 Å². The topological polar surface area (TPSA) is 29.5 Å². The van der Waals surface area contributed by atoms with Crippen LogP contribution in [0, 0.1) is 22.7 Å². The van der Waals surface area contributed by atoms with Crippen molar-refractivity contribution in [2.75, 3.05) is 0 Å². The first kappa shape index (κ1) is 13.5. The van der Waals surface area contributed by atoms with Gasteiger partial charge in [-0.25, -0.2) is 0 Å². The fraction of sp³-hybridized carbons (Fsp3) is 0.882. The number of fused-ring (bicyclic) bond motifs is 3. The van der Waals surface area contributed by atoms with Crippen LogP contribution in [0.25, 0.3) is 0 Å². The molecule has 0 spiro atoms. The van der Waals surface area contributed by atoms with Crippen LogP contribution < -0.4 is 0 Å². The van der Waals surface area contributed by atoms with Gasteiger partial charge in [-0.15, -0.1) is 0 Å². The van der Waals surface area contributed by atoms with Gasteiger partial charge in [0.1, 0.15) is 5.60 Å². The van der Waals surface area contributed by atoms with Gasteiger partial charge in [-0.3, -0.25) is 0 Å². The van der Waals surface area contributed by atoms with Gasteiger partial charge in [0.25, 0.3) is 0 Å². The average molecular weight is 264 g/mol. The van der Waals surface area contributed by atoms with Gasteiger partial charge in [-0.05, 0) is 49.4 Å². The van der Waals surface area contributed by atoms with Gasteiger partial charge >= 0.3 is 0 Å². The van der Waals surface area contributed by atoms with E-state index in [1.807, 2.05) is 0 Å². The first-order valence-electron chi connectivity index (χ1n) is 7.72. The lowest BCUT2D eigenvalue weighted by Gasteiger charge is -2.60. The van der Waals surface area contributed by atoms with E-state index in [2.05, 4.69) is 34.3 Å². The highest BCUT2D eigenvalue weighted by molar-refractivity contribution is 5.16. The summed E-state index contributed by atoms with van der Waals surface area (Å²) in [6, 6.07) is 0. The summed E-state index contributed by atoms with van der Waals surface area (Å²) >= 11 is 0. The lowest BCUT2D eigenvalue weighted by molar-refractivity contribution is -0.167. The maximum atomic E-state index is 10.4. The van der Waals surface area contributed by atoms with E-state index in [1.165, 1.54) is 6.42 Å². The highest BCUT2D eigenvalue weighted by atomic mass is 16.5. The van der Waals surface area contributed by atoms with Crippen LogP contribution in [0.2, 0.25) is 0 Å². The minimum absolute atomic E-state index is 0.0462. The highest BCUT2D eigenvalue weighted by Gasteiger charge is 2.62. The minimum atomic E-state index is -0.160. The first-order valence-corrected chi connectivity index (χ1v) is 7.72. The monoisotopic (exact) mass is 264 g/mol. The summed E-state index contributed by atoms with van der Waals surface area (Å²) in [5.41, 5.74) is 0.376. The molecule has 19 heavy (non-hydrogen) atoms. The molecular formula is C17H28O2. The SMILES string of the molecule is C=C1C[C@@H]2[C@@]3(C)C[C@@H](O)CC(C)(C)[C@@H]3CC[C@@]2(C)O1. The Morgan fingerprint density at radius 1 is 1.16 bits per heavy atom. The molecule has 1 aliphatic heterocycles. The molecule has 2 nitrogen and oxygen atoms in total. The standard InChI is InChI=1S/C17H28O2/c1-11-8-14-16(4)10-12(18)9-15(2,3)13(16)6-7-17(14,5)19-11/h12-14,18H,1,6-10H2,2-5H3/t12-,13-,14+,16-,17+/m0/s1. The Morgan fingerprint density at radius 3 is 2.53 bits per heavy atom. The molecule has 3 fully saturated rings. The summed E-state index contributed by atoms with van der Waals surface area (Å²) in [4.78, 5) is 0. The van der Waals surface area contributed by atoms with Crippen molar-refractivity contribution in [1.29, 1.82) is 0 Å². The van der Waals surface area contributed by atoms with Crippen LogP contribution >= 0.6 is 0 Å². The molecule has 1 N–H and O–H groups in total. The Balaban J connectivity index is 2.02. The molecule has 1 saturated heterocycles. The third-order valence-corrected chi connectivity index (χ3v) is 6.45. The maximum absolute atomic E-state index is 10.4. The smallest absolute Gasteiger partial charge is 0.109 e. The van der Waals surface area contributed by atoms with Crippen LogP contribution in [-0.4, -0.2) is 16.8 Å². The molecule has 3 aliphatic rings. The molecule has 0 radical (unpaired) electrons. The summed E-state index contributed by atoms with van der Waals surface area (Å²) in [6.07, 6.45) is 5.04. The second-order valence-corrected chi connectivity index (χ2v) is 8.36. The zero-order valence-electron chi connectivity index (χ0n) is 12.8. The lowest BCUT2D eigenvalue weighted by Crippen LogP contribution is -2.58. The van der Waals surface area contributed by atoms with Gasteiger partial charge in [0.05, 0.1) is 11.9 Å². The van der Waals surface area contributed by atoms with E-state index in [9.17, 15) is 5.11 Å². The molecule has 3 rings (SSSR count). The van der Waals surface area contributed by atoms with Gasteiger partial charge in [0.15, 0.2) is 0 Å². The molecule has 1 heterocycles. The van der Waals surface area contributed by atoms with E-state index < -0.39 is 0 Å². The Labute approximate surface area is 117 Å². The molecular weight excluding hydrogens is 236 g/mol. The molecule has 108 valence electrons. The summed E-state index contributed by atoms with van der Waals surface area (Å²) in [5, 5.41) is 10.4. The third kappa shape index (κ3) is 1.79. The molecule has 0 aromatic rings. The van der Waals surface area contributed by atoms with E-state index in [0.717, 1.165) is 31.4 Å². The Hall–Kier alpha value is -0.500. The number of hydrogen-bond donors (Lipinski definition) is 1. The van der Waals surface area contributed by atoms with E-state index in [1.54, 1.807) is 0 Å². The average Bonchev–Trinajstić information content (AvgIpc) is 2.51. The van der Waals surface area contributed by atoms with Crippen molar-refractivity contribution in [1.82, 2.24) is 0 Å². The molecule has 2 saturated carbocycles. The lowest BCUT2D eigenvalue weighted by atomic mass is 9.45. The minimum Gasteiger partial charge on any atom is -0.492 e. The second-order valence-electron chi connectivity index (χ2n) is 8.36. The molecule has 5 atom stereocenters. The first-order chi connectivity index (χ1) is 8.67. The number of hydrogen-bond acceptors (Lipinski definition) is 2. The zero-order chi connectivity index (χ0) is 14.1. The number of aliphatic hydroxyl groups is 1. The van der Waals surface area contributed by atoms with E-state index >= 15 is 0 Å². The van der Waals surface area contributed by atoms with Gasteiger partial charge in [-0.1, -0.05) is 27.4 Å². The fourth-order valence-electron chi connectivity index (χ4n) is 5.94. The van der Waals surface area contributed by atoms with Crippen molar-refractivity contribution < 1.29 is 9.84 Å². The highest BCUT2D eigenvalue weighted by Crippen LogP contribution is 2.65. The van der Waals surface area contributed by atoms with E-state index in [-0.39, 0.29) is 22.5 Å². The Kier molecular flexibility index (Phi) is 2.68. The molecule has 2 heteroatoms. The molecule has 0 aromatic carbocycles. The van der Waals surface area contributed by atoms with Crippen molar-refractivity contribution in [3.8, 4) is 0 Å². The van der Waals surface area contributed by atoms with Crippen molar-refractivity contribution in [2.24, 2.45) is 22.7 Å². The Bertz CT molecular complexity index is 413. The molecule has 0 unspecified atom stereocenters. The van der Waals surface area contributed by atoms with Crippen LogP contribution in [0.5, 0.6) is 0 Å². The number of rotatable bonds is 0. The summed E-state index contributed by atoms with van der Waals surface area (Å²) in [7, 11) is 0. The van der Waals surface area contributed by atoms with Crippen LogP contribution in [0.15, 0.2) is 12.3 Å². The predicted octanol–water partition coefficient (Wildman–Crippen LogP) is 3.89. The number of aliphatic hydroxyl groups excluding tert-OH is 1. The number of allylic oxidation sites excluding steroid dienone is 1. The summed E-state index contributed by atoms with van der Waals surface area (Å²) < 4.78 is 6.09. The number of ether oxygens (including phenoxy) is 1. The predicted molar refractivity (Wildman–Crippen MR) is 76.6 cm³/mol. The van der Waals surface area contributed by atoms with Crippen LogP contribution in [0.1, 0.15) is 59.8 Å². The molecule has 0 aromatic heterocycles. The van der Waals surface area contributed by atoms with Gasteiger partial charge in [-0.2, -0.15) is 0 Å². The van der Waals surface area contributed by atoms with Gasteiger partial charge in [0.2, 0.25) is 0 Å². The second kappa shape index (κ2) is 3.78. The van der Waals surface area contributed by atoms with Crippen LogP contribution in [0.3, 0.4) is 0 Å². The molecule has 0 bridgehead atoms.